The molecule has 0 bridgehead atoms. The van der Waals surface area contributed by atoms with Gasteiger partial charge in [0.15, 0.2) is 0 Å². The third kappa shape index (κ3) is 5.58. The van der Waals surface area contributed by atoms with Gasteiger partial charge in [0.2, 0.25) is 0 Å². The van der Waals surface area contributed by atoms with E-state index in [1.807, 2.05) is 26.0 Å². The first-order valence-electron chi connectivity index (χ1n) is 6.67. The van der Waals surface area contributed by atoms with E-state index in [1.54, 1.807) is 0 Å². The van der Waals surface area contributed by atoms with Crippen molar-refractivity contribution in [1.29, 1.82) is 0 Å². The van der Waals surface area contributed by atoms with Gasteiger partial charge in [-0.3, -0.25) is 0 Å². The Balaban J connectivity index is 0.00000121. The molecule has 0 aromatic heterocycles. The molecular formula is C16H27N. The number of nitrogens with two attached hydrogens (primary N) is 1. The fourth-order valence-electron chi connectivity index (χ4n) is 1.76. The van der Waals surface area contributed by atoms with E-state index in [0.717, 1.165) is 12.1 Å². The summed E-state index contributed by atoms with van der Waals surface area (Å²) in [5, 5.41) is 0. The number of allylic oxidation sites excluding steroid dienone is 2. The van der Waals surface area contributed by atoms with Gasteiger partial charge in [-0.2, -0.15) is 0 Å². The highest BCUT2D eigenvalue weighted by molar-refractivity contribution is 5.70. The molecule has 0 amide bonds. The molecule has 0 aliphatic rings. The van der Waals surface area contributed by atoms with Crippen LogP contribution in [0.1, 0.15) is 59.4 Å². The fraction of sp³-hybridized carbons (Fsp3) is 0.500. The summed E-state index contributed by atoms with van der Waals surface area (Å²) >= 11 is 0. The zero-order valence-corrected chi connectivity index (χ0v) is 12.0. The number of hydrogen-bond donors (Lipinski definition) is 1. The lowest BCUT2D eigenvalue weighted by molar-refractivity contribution is 0.821. The van der Waals surface area contributed by atoms with Crippen LogP contribution in [0, 0.1) is 0 Å². The molecule has 2 N–H and O–H groups in total. The molecule has 0 radical (unpaired) electrons. The van der Waals surface area contributed by atoms with Gasteiger partial charge in [-0.15, -0.1) is 0 Å². The maximum absolute atomic E-state index is 5.80. The minimum Gasteiger partial charge on any atom is -0.399 e. The Hall–Kier alpha value is -1.24. The lowest BCUT2D eigenvalue weighted by Gasteiger charge is -2.10. The van der Waals surface area contributed by atoms with E-state index in [9.17, 15) is 0 Å². The summed E-state index contributed by atoms with van der Waals surface area (Å²) in [5.74, 6) is 0. The first kappa shape index (κ1) is 15.8. The van der Waals surface area contributed by atoms with Gasteiger partial charge in [0.1, 0.15) is 0 Å². The topological polar surface area (TPSA) is 26.0 Å². The predicted octanol–water partition coefficient (Wildman–Crippen LogP) is 5.28. The monoisotopic (exact) mass is 233 g/mol. The average molecular weight is 233 g/mol. The Morgan fingerprint density at radius 1 is 1.18 bits per heavy atom. The molecule has 96 valence electrons. The van der Waals surface area contributed by atoms with E-state index in [4.69, 9.17) is 5.73 Å². The van der Waals surface area contributed by atoms with Crippen molar-refractivity contribution in [1.82, 2.24) is 0 Å². The third-order valence-electron chi connectivity index (χ3n) is 2.62. The van der Waals surface area contributed by atoms with Gasteiger partial charge in [0, 0.05) is 5.69 Å². The van der Waals surface area contributed by atoms with Crippen LogP contribution in [0.2, 0.25) is 0 Å². The van der Waals surface area contributed by atoms with Crippen molar-refractivity contribution in [3.63, 3.8) is 0 Å². The van der Waals surface area contributed by atoms with Crippen LogP contribution in [0.5, 0.6) is 0 Å². The maximum Gasteiger partial charge on any atom is 0.0320 e. The van der Waals surface area contributed by atoms with E-state index in [2.05, 4.69) is 32.9 Å². The van der Waals surface area contributed by atoms with Crippen molar-refractivity contribution >= 4 is 11.3 Å². The Kier molecular flexibility index (Phi) is 8.21. The van der Waals surface area contributed by atoms with Gasteiger partial charge in [-0.05, 0) is 50.0 Å². The lowest BCUT2D eigenvalue weighted by Crippen LogP contribution is -1.91. The molecule has 1 aromatic carbocycles. The SMILES string of the molecule is CC.CCCCC(=C(C)C)c1cccc(N)c1. The summed E-state index contributed by atoms with van der Waals surface area (Å²) in [7, 11) is 0. The third-order valence-corrected chi connectivity index (χ3v) is 2.62. The molecule has 0 aliphatic carbocycles. The minimum absolute atomic E-state index is 0.850. The maximum atomic E-state index is 5.80. The fourth-order valence-corrected chi connectivity index (χ4v) is 1.76. The first-order chi connectivity index (χ1) is 8.15. The van der Waals surface area contributed by atoms with Gasteiger partial charge in [-0.25, -0.2) is 0 Å². The summed E-state index contributed by atoms with van der Waals surface area (Å²) in [6.45, 7) is 10.6. The average Bonchev–Trinajstić information content (AvgIpc) is 2.32. The quantitative estimate of drug-likeness (QED) is 0.704. The van der Waals surface area contributed by atoms with Gasteiger partial charge < -0.3 is 5.73 Å². The van der Waals surface area contributed by atoms with Crippen LogP contribution in [-0.4, -0.2) is 0 Å². The minimum atomic E-state index is 0.850. The Morgan fingerprint density at radius 3 is 2.29 bits per heavy atom. The second-order valence-electron chi connectivity index (χ2n) is 4.21. The van der Waals surface area contributed by atoms with Crippen LogP contribution in [0.3, 0.4) is 0 Å². The first-order valence-corrected chi connectivity index (χ1v) is 6.67. The van der Waals surface area contributed by atoms with Gasteiger partial charge in [0.25, 0.3) is 0 Å². The van der Waals surface area contributed by atoms with Crippen LogP contribution >= 0.6 is 0 Å². The smallest absolute Gasteiger partial charge is 0.0320 e. The van der Waals surface area contributed by atoms with Crippen LogP contribution < -0.4 is 5.73 Å². The lowest BCUT2D eigenvalue weighted by atomic mass is 9.96. The van der Waals surface area contributed by atoms with Gasteiger partial charge in [-0.1, -0.05) is 44.9 Å². The number of benzene rings is 1. The Bertz CT molecular complexity index is 346. The second-order valence-corrected chi connectivity index (χ2v) is 4.21. The van der Waals surface area contributed by atoms with Crippen molar-refractivity contribution in [2.75, 3.05) is 5.73 Å². The molecule has 0 unspecified atom stereocenters. The number of unbranched alkanes of at least 4 members (excludes halogenated alkanes) is 1. The molecule has 1 aromatic rings. The van der Waals surface area contributed by atoms with Crippen LogP contribution in [-0.2, 0) is 0 Å². The van der Waals surface area contributed by atoms with Crippen molar-refractivity contribution in [3.05, 3.63) is 35.4 Å². The Labute approximate surface area is 107 Å². The van der Waals surface area contributed by atoms with E-state index in [-0.39, 0.29) is 0 Å². The van der Waals surface area contributed by atoms with E-state index in [1.165, 1.54) is 29.6 Å². The molecule has 1 rings (SSSR count). The van der Waals surface area contributed by atoms with Crippen LogP contribution in [0.15, 0.2) is 29.8 Å². The highest BCUT2D eigenvalue weighted by atomic mass is 14.5. The molecular weight excluding hydrogens is 206 g/mol. The normalized spacial score (nSPS) is 9.24. The highest BCUT2D eigenvalue weighted by Gasteiger charge is 2.03. The largest absolute Gasteiger partial charge is 0.399 e. The van der Waals surface area contributed by atoms with Crippen molar-refractivity contribution < 1.29 is 0 Å². The molecule has 0 saturated carbocycles. The summed E-state index contributed by atoms with van der Waals surface area (Å²) in [4.78, 5) is 0. The standard InChI is InChI=1S/C14H21N.C2H6/c1-4-5-9-14(11(2)3)12-7-6-8-13(15)10-12;1-2/h6-8,10H,4-5,9,15H2,1-3H3;1-2H3. The predicted molar refractivity (Wildman–Crippen MR) is 80.0 cm³/mol. The molecule has 0 spiro atoms. The van der Waals surface area contributed by atoms with Crippen LogP contribution in [0.4, 0.5) is 5.69 Å². The summed E-state index contributed by atoms with van der Waals surface area (Å²) in [6, 6.07) is 8.18. The van der Waals surface area contributed by atoms with E-state index >= 15 is 0 Å². The molecule has 0 saturated heterocycles. The van der Waals surface area contributed by atoms with E-state index < -0.39 is 0 Å². The number of nitrogen functional groups attached to an aromatic ring is 1. The number of anilines is 1. The molecule has 1 nitrogen and oxygen atoms in total. The molecule has 0 atom stereocenters. The van der Waals surface area contributed by atoms with Gasteiger partial charge >= 0.3 is 0 Å². The van der Waals surface area contributed by atoms with E-state index in [0.29, 0.717) is 0 Å². The summed E-state index contributed by atoms with van der Waals surface area (Å²) in [5.41, 5.74) is 10.8. The summed E-state index contributed by atoms with van der Waals surface area (Å²) in [6.07, 6.45) is 3.64. The zero-order valence-electron chi connectivity index (χ0n) is 12.0. The molecule has 17 heavy (non-hydrogen) atoms. The number of hydrogen-bond acceptors (Lipinski definition) is 1. The van der Waals surface area contributed by atoms with Crippen molar-refractivity contribution in [2.24, 2.45) is 0 Å². The highest BCUT2D eigenvalue weighted by Crippen LogP contribution is 2.25. The van der Waals surface area contributed by atoms with Crippen molar-refractivity contribution in [3.8, 4) is 0 Å². The van der Waals surface area contributed by atoms with Gasteiger partial charge in [0.05, 0.1) is 0 Å². The van der Waals surface area contributed by atoms with Crippen LogP contribution in [0.25, 0.3) is 5.57 Å². The molecule has 1 heteroatoms. The summed E-state index contributed by atoms with van der Waals surface area (Å²) < 4.78 is 0. The molecule has 0 aliphatic heterocycles. The molecule has 0 fully saturated rings. The Morgan fingerprint density at radius 2 is 1.82 bits per heavy atom. The number of rotatable bonds is 4. The van der Waals surface area contributed by atoms with Crippen molar-refractivity contribution in [2.45, 2.75) is 53.9 Å². The zero-order chi connectivity index (χ0) is 13.3. The second kappa shape index (κ2) is 8.86. The molecule has 0 heterocycles.